The highest BCUT2D eigenvalue weighted by Crippen LogP contribution is 2.25. The Kier molecular flexibility index (Phi) is 3.19. The molecule has 6 heteroatoms. The number of nitro benzene ring substituents is 1. The fourth-order valence-corrected chi connectivity index (χ4v) is 2.21. The second-order valence-corrected chi connectivity index (χ2v) is 4.87. The quantitative estimate of drug-likeness (QED) is 0.412. The molecule has 104 valence electrons. The highest BCUT2D eigenvalue weighted by Gasteiger charge is 2.17. The number of benzene rings is 2. The summed E-state index contributed by atoms with van der Waals surface area (Å²) < 4.78 is 5.46. The van der Waals surface area contributed by atoms with Crippen LogP contribution in [0.25, 0.3) is 11.0 Å². The molecule has 0 aliphatic rings. The van der Waals surface area contributed by atoms with Gasteiger partial charge in [-0.1, -0.05) is 23.7 Å². The Morgan fingerprint density at radius 2 is 1.95 bits per heavy atom. The van der Waals surface area contributed by atoms with Crippen LogP contribution in [0.15, 0.2) is 52.9 Å². The van der Waals surface area contributed by atoms with E-state index in [1.54, 1.807) is 24.3 Å². The van der Waals surface area contributed by atoms with Gasteiger partial charge in [0.05, 0.1) is 4.92 Å². The molecule has 0 N–H and O–H groups in total. The molecule has 3 aromatic rings. The van der Waals surface area contributed by atoms with Gasteiger partial charge in [0.25, 0.3) is 5.69 Å². The van der Waals surface area contributed by atoms with E-state index in [2.05, 4.69) is 0 Å². The number of halogens is 1. The Bertz CT molecular complexity index is 869. The first-order valence-corrected chi connectivity index (χ1v) is 6.40. The zero-order chi connectivity index (χ0) is 15.0. The summed E-state index contributed by atoms with van der Waals surface area (Å²) in [5.74, 6) is -0.293. The fraction of sp³-hybridized carbons (Fsp3) is 0. The van der Waals surface area contributed by atoms with Gasteiger partial charge in [0.15, 0.2) is 5.76 Å². The number of hydrogen-bond acceptors (Lipinski definition) is 4. The van der Waals surface area contributed by atoms with E-state index in [9.17, 15) is 14.9 Å². The number of ketones is 1. The number of furan rings is 1. The zero-order valence-electron chi connectivity index (χ0n) is 10.6. The van der Waals surface area contributed by atoms with Gasteiger partial charge < -0.3 is 4.42 Å². The van der Waals surface area contributed by atoms with Crippen LogP contribution in [-0.2, 0) is 0 Å². The van der Waals surface area contributed by atoms with Crippen molar-refractivity contribution in [3.05, 3.63) is 75.0 Å². The molecule has 0 radical (unpaired) electrons. The molecule has 21 heavy (non-hydrogen) atoms. The van der Waals surface area contributed by atoms with Crippen LogP contribution in [0.5, 0.6) is 0 Å². The highest BCUT2D eigenvalue weighted by molar-refractivity contribution is 6.31. The molecule has 0 bridgehead atoms. The van der Waals surface area contributed by atoms with Gasteiger partial charge in [-0.25, -0.2) is 0 Å². The molecule has 0 aliphatic heterocycles. The van der Waals surface area contributed by atoms with E-state index in [4.69, 9.17) is 16.0 Å². The maximum Gasteiger partial charge on any atom is 0.270 e. The summed E-state index contributed by atoms with van der Waals surface area (Å²) in [6.07, 6.45) is 0. The number of nitrogens with zero attached hydrogens (tertiary/aromatic N) is 1. The lowest BCUT2D eigenvalue weighted by Gasteiger charge is -1.97. The third kappa shape index (κ3) is 2.51. The largest absolute Gasteiger partial charge is 0.453 e. The lowest BCUT2D eigenvalue weighted by atomic mass is 10.1. The maximum atomic E-state index is 12.3. The normalized spacial score (nSPS) is 10.7. The summed E-state index contributed by atoms with van der Waals surface area (Å²) in [7, 11) is 0. The Morgan fingerprint density at radius 3 is 2.71 bits per heavy atom. The second-order valence-electron chi connectivity index (χ2n) is 4.43. The highest BCUT2D eigenvalue weighted by atomic mass is 35.5. The minimum Gasteiger partial charge on any atom is -0.453 e. The van der Waals surface area contributed by atoms with Crippen molar-refractivity contribution in [3.63, 3.8) is 0 Å². The van der Waals surface area contributed by atoms with Crippen molar-refractivity contribution in [2.75, 3.05) is 0 Å². The smallest absolute Gasteiger partial charge is 0.270 e. The van der Waals surface area contributed by atoms with Crippen LogP contribution in [0.1, 0.15) is 16.1 Å². The summed E-state index contributed by atoms with van der Waals surface area (Å²) in [6, 6.07) is 12.1. The van der Waals surface area contributed by atoms with Crippen LogP contribution in [-0.4, -0.2) is 10.7 Å². The topological polar surface area (TPSA) is 73.3 Å². The Labute approximate surface area is 123 Å². The summed E-state index contributed by atoms with van der Waals surface area (Å²) in [6.45, 7) is 0. The van der Waals surface area contributed by atoms with Crippen molar-refractivity contribution < 1.29 is 14.1 Å². The summed E-state index contributed by atoms with van der Waals surface area (Å²) in [5.41, 5.74) is 0.600. The lowest BCUT2D eigenvalue weighted by molar-refractivity contribution is -0.384. The SMILES string of the molecule is O=C(c1cccc([N+](=O)[O-])c1)c1cc2cc(Cl)ccc2o1. The Hall–Kier alpha value is -2.66. The number of carbonyl (C=O) groups is 1. The van der Waals surface area contributed by atoms with Crippen LogP contribution in [0.3, 0.4) is 0 Å². The molecule has 0 aliphatic carbocycles. The van der Waals surface area contributed by atoms with Crippen molar-refractivity contribution in [3.8, 4) is 0 Å². The van der Waals surface area contributed by atoms with E-state index in [-0.39, 0.29) is 17.0 Å². The molecule has 0 amide bonds. The Morgan fingerprint density at radius 1 is 1.14 bits per heavy atom. The van der Waals surface area contributed by atoms with E-state index in [1.165, 1.54) is 24.3 Å². The second kappa shape index (κ2) is 5.03. The first-order chi connectivity index (χ1) is 10.0. The molecule has 0 spiro atoms. The van der Waals surface area contributed by atoms with Crippen molar-refractivity contribution in [1.29, 1.82) is 0 Å². The monoisotopic (exact) mass is 301 g/mol. The molecule has 0 saturated carbocycles. The maximum absolute atomic E-state index is 12.3. The number of rotatable bonds is 3. The first-order valence-electron chi connectivity index (χ1n) is 6.03. The predicted molar refractivity (Wildman–Crippen MR) is 77.8 cm³/mol. The number of nitro groups is 1. The zero-order valence-corrected chi connectivity index (χ0v) is 11.3. The number of fused-ring (bicyclic) bond motifs is 1. The Balaban J connectivity index is 2.03. The van der Waals surface area contributed by atoms with E-state index in [0.717, 1.165) is 0 Å². The molecule has 5 nitrogen and oxygen atoms in total. The van der Waals surface area contributed by atoms with Gasteiger partial charge in [-0.2, -0.15) is 0 Å². The molecule has 0 unspecified atom stereocenters. The minimum absolute atomic E-state index is 0.118. The first kappa shape index (κ1) is 13.3. The number of non-ortho nitro benzene ring substituents is 1. The van der Waals surface area contributed by atoms with Crippen LogP contribution in [0.4, 0.5) is 5.69 Å². The molecule has 3 rings (SSSR count). The fourth-order valence-electron chi connectivity index (χ4n) is 2.03. The standard InChI is InChI=1S/C15H8ClNO4/c16-11-4-5-13-10(6-11)8-14(21-13)15(18)9-2-1-3-12(7-9)17(19)20/h1-8H. The van der Waals surface area contributed by atoms with Crippen LogP contribution >= 0.6 is 11.6 Å². The van der Waals surface area contributed by atoms with Gasteiger partial charge in [0.1, 0.15) is 5.58 Å². The third-order valence-electron chi connectivity index (χ3n) is 3.02. The van der Waals surface area contributed by atoms with Gasteiger partial charge in [0.2, 0.25) is 5.78 Å². The van der Waals surface area contributed by atoms with Crippen molar-refractivity contribution >= 4 is 34.0 Å². The number of hydrogen-bond donors (Lipinski definition) is 0. The summed E-state index contributed by atoms with van der Waals surface area (Å²) in [5, 5.41) is 12.0. The minimum atomic E-state index is -0.546. The van der Waals surface area contributed by atoms with Crippen molar-refractivity contribution in [2.45, 2.75) is 0 Å². The van der Waals surface area contributed by atoms with Crippen molar-refractivity contribution in [2.24, 2.45) is 0 Å². The third-order valence-corrected chi connectivity index (χ3v) is 3.26. The molecular weight excluding hydrogens is 294 g/mol. The molecule has 1 aromatic heterocycles. The molecule has 2 aromatic carbocycles. The molecule has 0 fully saturated rings. The molecule has 0 saturated heterocycles. The average molecular weight is 302 g/mol. The van der Waals surface area contributed by atoms with Crippen molar-refractivity contribution in [1.82, 2.24) is 0 Å². The van der Waals surface area contributed by atoms with Gasteiger partial charge >= 0.3 is 0 Å². The summed E-state index contributed by atoms with van der Waals surface area (Å²) in [4.78, 5) is 22.5. The molecule has 1 heterocycles. The lowest BCUT2D eigenvalue weighted by Crippen LogP contribution is -2.00. The van der Waals surface area contributed by atoms with E-state index < -0.39 is 10.7 Å². The van der Waals surface area contributed by atoms with Crippen LogP contribution < -0.4 is 0 Å². The van der Waals surface area contributed by atoms with Crippen LogP contribution in [0, 0.1) is 10.1 Å². The van der Waals surface area contributed by atoms with Gasteiger partial charge in [-0.05, 0) is 24.3 Å². The average Bonchev–Trinajstić information content (AvgIpc) is 2.89. The predicted octanol–water partition coefficient (Wildman–Crippen LogP) is 4.23. The number of carbonyl (C=O) groups excluding carboxylic acids is 1. The van der Waals surface area contributed by atoms with Gasteiger partial charge in [-0.15, -0.1) is 0 Å². The van der Waals surface area contributed by atoms with E-state index >= 15 is 0 Å². The van der Waals surface area contributed by atoms with E-state index in [1.807, 2.05) is 0 Å². The molecule has 0 atom stereocenters. The van der Waals surface area contributed by atoms with Gasteiger partial charge in [-0.3, -0.25) is 14.9 Å². The van der Waals surface area contributed by atoms with Crippen LogP contribution in [0.2, 0.25) is 5.02 Å². The van der Waals surface area contributed by atoms with E-state index in [0.29, 0.717) is 16.0 Å². The van der Waals surface area contributed by atoms with Gasteiger partial charge in [0, 0.05) is 28.1 Å². The summed E-state index contributed by atoms with van der Waals surface area (Å²) >= 11 is 5.88. The molecular formula is C15H8ClNO4.